The number of nitrogens with one attached hydrogen (secondary N) is 1. The molecule has 1 aromatic carbocycles. The lowest BCUT2D eigenvalue weighted by atomic mass is 9.78. The Morgan fingerprint density at radius 3 is 2.76 bits per heavy atom. The highest BCUT2D eigenvalue weighted by molar-refractivity contribution is 7.99. The predicted molar refractivity (Wildman–Crippen MR) is 114 cm³/mol. The largest absolute Gasteiger partial charge is 0.461 e. The van der Waals surface area contributed by atoms with Crippen LogP contribution in [0.15, 0.2) is 58.3 Å². The Morgan fingerprint density at radius 1 is 1.17 bits per heavy atom. The number of hydrogen-bond donors (Lipinski definition) is 1. The van der Waals surface area contributed by atoms with Gasteiger partial charge in [-0.05, 0) is 42.5 Å². The normalized spacial score (nSPS) is 21.8. The first kappa shape index (κ1) is 19.8. The number of furan rings is 1. The molecule has 3 aromatic rings. The van der Waals surface area contributed by atoms with Crippen molar-refractivity contribution >= 4 is 17.7 Å². The van der Waals surface area contributed by atoms with E-state index in [1.54, 1.807) is 6.26 Å². The van der Waals surface area contributed by atoms with Crippen molar-refractivity contribution in [3.8, 4) is 17.3 Å². The first-order chi connectivity index (χ1) is 14.1. The third-order valence-electron chi connectivity index (χ3n) is 5.77. The topological polar surface area (TPSA) is 73.0 Å². The van der Waals surface area contributed by atoms with Gasteiger partial charge in [0.05, 0.1) is 12.0 Å². The Kier molecular flexibility index (Phi) is 6.04. The lowest BCUT2D eigenvalue weighted by Crippen LogP contribution is -2.44. The lowest BCUT2D eigenvalue weighted by molar-refractivity contribution is -0.120. The summed E-state index contributed by atoms with van der Waals surface area (Å²) in [6, 6.07) is 13.8. The molecule has 4 rings (SSSR count). The van der Waals surface area contributed by atoms with Crippen molar-refractivity contribution < 1.29 is 9.21 Å². The molecular formula is C22H26N4O2S. The van der Waals surface area contributed by atoms with Gasteiger partial charge in [0.25, 0.3) is 0 Å². The third-order valence-corrected chi connectivity index (χ3v) is 6.70. The Hall–Kier alpha value is -2.54. The molecule has 2 heterocycles. The molecule has 0 radical (unpaired) electrons. The van der Waals surface area contributed by atoms with Crippen molar-refractivity contribution in [2.75, 3.05) is 5.75 Å². The highest BCUT2D eigenvalue weighted by Gasteiger charge is 2.28. The van der Waals surface area contributed by atoms with Gasteiger partial charge in [0.1, 0.15) is 0 Å². The molecule has 1 fully saturated rings. The maximum Gasteiger partial charge on any atom is 0.230 e. The molecule has 1 N–H and O–H groups in total. The second-order valence-corrected chi connectivity index (χ2v) is 8.63. The van der Waals surface area contributed by atoms with Gasteiger partial charge < -0.3 is 9.73 Å². The van der Waals surface area contributed by atoms with Crippen LogP contribution in [0.1, 0.15) is 33.1 Å². The standard InChI is InChI=1S/C22H26N4O2S/c1-15-8-6-11-18(16(15)2)23-20(27)14-29-22-25-24-21(19-12-7-13-28-19)26(22)17-9-4-3-5-10-17/h3-5,7,9-10,12-13,15-16,18H,6,8,11,14H2,1-2H3,(H,23,27)/t15-,16+,18-/m1/s1. The summed E-state index contributed by atoms with van der Waals surface area (Å²) in [7, 11) is 0. The second kappa shape index (κ2) is 8.86. The van der Waals surface area contributed by atoms with E-state index in [1.165, 1.54) is 24.6 Å². The molecule has 7 heteroatoms. The predicted octanol–water partition coefficient (Wildman–Crippen LogP) is 4.56. The van der Waals surface area contributed by atoms with E-state index in [9.17, 15) is 4.79 Å². The quantitative estimate of drug-likeness (QED) is 0.603. The van der Waals surface area contributed by atoms with E-state index >= 15 is 0 Å². The Bertz CT molecular complexity index is 939. The van der Waals surface area contributed by atoms with E-state index in [0.29, 0.717) is 34.3 Å². The number of para-hydroxylation sites is 1. The summed E-state index contributed by atoms with van der Waals surface area (Å²) in [6.07, 6.45) is 5.10. The van der Waals surface area contributed by atoms with Gasteiger partial charge in [0.2, 0.25) is 11.7 Å². The van der Waals surface area contributed by atoms with E-state index in [4.69, 9.17) is 4.42 Å². The van der Waals surface area contributed by atoms with E-state index in [-0.39, 0.29) is 11.9 Å². The van der Waals surface area contributed by atoms with Gasteiger partial charge in [-0.1, -0.05) is 56.7 Å². The van der Waals surface area contributed by atoms with Gasteiger partial charge >= 0.3 is 0 Å². The molecule has 152 valence electrons. The Morgan fingerprint density at radius 2 is 2.00 bits per heavy atom. The number of hydrogen-bond acceptors (Lipinski definition) is 5. The van der Waals surface area contributed by atoms with Crippen LogP contribution in [0, 0.1) is 11.8 Å². The zero-order valence-corrected chi connectivity index (χ0v) is 17.6. The highest BCUT2D eigenvalue weighted by atomic mass is 32.2. The number of amides is 1. The number of nitrogens with zero attached hydrogens (tertiary/aromatic N) is 3. The number of benzene rings is 1. The van der Waals surface area contributed by atoms with Crippen molar-refractivity contribution in [3.05, 3.63) is 48.7 Å². The zero-order valence-electron chi connectivity index (χ0n) is 16.7. The van der Waals surface area contributed by atoms with E-state index in [1.807, 2.05) is 47.0 Å². The number of thioether (sulfide) groups is 1. The molecule has 0 bridgehead atoms. The van der Waals surface area contributed by atoms with Crippen molar-refractivity contribution in [1.82, 2.24) is 20.1 Å². The van der Waals surface area contributed by atoms with E-state index in [2.05, 4.69) is 29.4 Å². The van der Waals surface area contributed by atoms with E-state index < -0.39 is 0 Å². The summed E-state index contributed by atoms with van der Waals surface area (Å²) in [4.78, 5) is 12.6. The molecule has 3 atom stereocenters. The molecule has 29 heavy (non-hydrogen) atoms. The fraction of sp³-hybridized carbons (Fsp3) is 0.409. The molecule has 0 unspecified atom stereocenters. The molecule has 6 nitrogen and oxygen atoms in total. The van der Waals surface area contributed by atoms with Crippen LogP contribution in [0.3, 0.4) is 0 Å². The highest BCUT2D eigenvalue weighted by Crippen LogP contribution is 2.30. The molecule has 1 aliphatic rings. The van der Waals surface area contributed by atoms with Crippen LogP contribution in [0.2, 0.25) is 0 Å². The van der Waals surface area contributed by atoms with Gasteiger partial charge in [-0.25, -0.2) is 0 Å². The SMILES string of the molecule is C[C@H]1[C@H](C)CCC[C@H]1NC(=O)CSc1nnc(-c2ccco2)n1-c1ccccc1. The second-order valence-electron chi connectivity index (χ2n) is 7.68. The first-order valence-corrected chi connectivity index (χ1v) is 11.1. The van der Waals surface area contributed by atoms with Crippen LogP contribution < -0.4 is 5.32 Å². The lowest BCUT2D eigenvalue weighted by Gasteiger charge is -2.34. The van der Waals surface area contributed by atoms with Crippen molar-refractivity contribution in [2.45, 2.75) is 44.3 Å². The summed E-state index contributed by atoms with van der Waals surface area (Å²) in [5.41, 5.74) is 0.932. The Balaban J connectivity index is 1.50. The van der Waals surface area contributed by atoms with Crippen LogP contribution in [0.25, 0.3) is 17.3 Å². The van der Waals surface area contributed by atoms with E-state index in [0.717, 1.165) is 12.1 Å². The maximum atomic E-state index is 12.6. The first-order valence-electron chi connectivity index (χ1n) is 10.1. The molecule has 0 aliphatic heterocycles. The molecule has 1 amide bonds. The van der Waals surface area contributed by atoms with Crippen LogP contribution in [0.5, 0.6) is 0 Å². The molecule has 0 saturated heterocycles. The molecular weight excluding hydrogens is 384 g/mol. The minimum absolute atomic E-state index is 0.0445. The van der Waals surface area contributed by atoms with Gasteiger partial charge in [0, 0.05) is 11.7 Å². The van der Waals surface area contributed by atoms with Crippen LogP contribution in [-0.4, -0.2) is 32.5 Å². The molecule has 0 spiro atoms. The van der Waals surface area contributed by atoms with Crippen LogP contribution in [0.4, 0.5) is 0 Å². The number of rotatable bonds is 6. The number of carbonyl (C=O) groups is 1. The summed E-state index contributed by atoms with van der Waals surface area (Å²) in [5, 5.41) is 12.5. The Labute approximate surface area is 175 Å². The monoisotopic (exact) mass is 410 g/mol. The third kappa shape index (κ3) is 4.40. The van der Waals surface area contributed by atoms with Crippen LogP contribution in [-0.2, 0) is 4.79 Å². The fourth-order valence-corrected chi connectivity index (χ4v) is 4.67. The summed E-state index contributed by atoms with van der Waals surface area (Å²) in [5.74, 6) is 2.78. The van der Waals surface area contributed by atoms with Gasteiger partial charge in [-0.2, -0.15) is 0 Å². The number of carbonyl (C=O) groups excluding carboxylic acids is 1. The average Bonchev–Trinajstić information content (AvgIpc) is 3.40. The average molecular weight is 411 g/mol. The molecule has 1 aliphatic carbocycles. The summed E-state index contributed by atoms with van der Waals surface area (Å²) >= 11 is 1.39. The number of aromatic nitrogens is 3. The summed E-state index contributed by atoms with van der Waals surface area (Å²) in [6.45, 7) is 4.51. The van der Waals surface area contributed by atoms with Gasteiger partial charge in [0.15, 0.2) is 10.9 Å². The zero-order chi connectivity index (χ0) is 20.2. The van der Waals surface area contributed by atoms with Gasteiger partial charge in [-0.3, -0.25) is 9.36 Å². The molecule has 1 saturated carbocycles. The minimum Gasteiger partial charge on any atom is -0.461 e. The van der Waals surface area contributed by atoms with Crippen molar-refractivity contribution in [1.29, 1.82) is 0 Å². The van der Waals surface area contributed by atoms with Gasteiger partial charge in [-0.15, -0.1) is 10.2 Å². The maximum absolute atomic E-state index is 12.6. The summed E-state index contributed by atoms with van der Waals surface area (Å²) < 4.78 is 7.46. The fourth-order valence-electron chi connectivity index (χ4n) is 3.90. The van der Waals surface area contributed by atoms with Crippen molar-refractivity contribution in [3.63, 3.8) is 0 Å². The molecule has 2 aromatic heterocycles. The van der Waals surface area contributed by atoms with Crippen molar-refractivity contribution in [2.24, 2.45) is 11.8 Å². The smallest absolute Gasteiger partial charge is 0.230 e. The minimum atomic E-state index is 0.0445. The van der Waals surface area contributed by atoms with Crippen LogP contribution >= 0.6 is 11.8 Å².